The van der Waals surface area contributed by atoms with Crippen LogP contribution < -0.4 is 5.56 Å². The normalized spacial score (nSPS) is 11.0. The van der Waals surface area contributed by atoms with E-state index in [2.05, 4.69) is 31.1 Å². The van der Waals surface area contributed by atoms with Gasteiger partial charge in [0.05, 0.1) is 17.6 Å². The van der Waals surface area contributed by atoms with Crippen molar-refractivity contribution in [3.05, 3.63) is 81.2 Å². The highest BCUT2D eigenvalue weighted by molar-refractivity contribution is 9.10. The molecule has 0 aliphatic heterocycles. The van der Waals surface area contributed by atoms with E-state index in [1.165, 1.54) is 22.5 Å². The zero-order valence-electron chi connectivity index (χ0n) is 13.9. The smallest absolute Gasteiger partial charge is 0.269 e. The monoisotopic (exact) mass is 440 g/mol. The Morgan fingerprint density at radius 1 is 1.11 bits per heavy atom. The number of thioether (sulfide) groups is 1. The van der Waals surface area contributed by atoms with Gasteiger partial charge in [0.15, 0.2) is 16.6 Å². The summed E-state index contributed by atoms with van der Waals surface area (Å²) in [6.45, 7) is 0. The number of nitrogens with one attached hydrogen (secondary N) is 1. The number of halogens is 1. The summed E-state index contributed by atoms with van der Waals surface area (Å²) in [6, 6.07) is 16.4. The molecule has 0 bridgehead atoms. The van der Waals surface area contributed by atoms with Crippen LogP contribution in [0.2, 0.25) is 0 Å². The fourth-order valence-corrected chi connectivity index (χ4v) is 3.79. The average molecular weight is 441 g/mol. The molecule has 1 N–H and O–H groups in total. The van der Waals surface area contributed by atoms with Crippen LogP contribution in [0.5, 0.6) is 0 Å². The van der Waals surface area contributed by atoms with E-state index in [9.17, 15) is 9.59 Å². The summed E-state index contributed by atoms with van der Waals surface area (Å²) < 4.78 is 2.41. The zero-order valence-corrected chi connectivity index (χ0v) is 16.3. The van der Waals surface area contributed by atoms with Crippen molar-refractivity contribution in [3.8, 4) is 5.69 Å². The minimum Gasteiger partial charge on any atom is -0.293 e. The molecule has 0 atom stereocenters. The van der Waals surface area contributed by atoms with E-state index >= 15 is 0 Å². The van der Waals surface area contributed by atoms with Crippen molar-refractivity contribution in [2.24, 2.45) is 0 Å². The Kier molecular flexibility index (Phi) is 4.91. The van der Waals surface area contributed by atoms with Crippen LogP contribution in [0.1, 0.15) is 10.4 Å². The van der Waals surface area contributed by atoms with Gasteiger partial charge in [0.2, 0.25) is 0 Å². The average Bonchev–Trinajstić information content (AvgIpc) is 3.17. The largest absolute Gasteiger partial charge is 0.293 e. The quantitative estimate of drug-likeness (QED) is 0.289. The number of H-pyrrole nitrogens is 1. The van der Waals surface area contributed by atoms with Gasteiger partial charge in [-0.2, -0.15) is 5.10 Å². The number of hydrogen-bond acceptors (Lipinski definition) is 5. The maximum atomic E-state index is 13.0. The van der Waals surface area contributed by atoms with E-state index in [1.54, 1.807) is 12.1 Å². The van der Waals surface area contributed by atoms with Gasteiger partial charge in [-0.1, -0.05) is 58.0 Å². The third kappa shape index (κ3) is 3.58. The second kappa shape index (κ2) is 7.50. The molecule has 0 fully saturated rings. The molecule has 4 aromatic rings. The number of carbonyl (C=O) groups is 1. The second-order valence-corrected chi connectivity index (χ2v) is 7.58. The number of aromatic amines is 1. The third-order valence-electron chi connectivity index (χ3n) is 3.96. The molecule has 0 aliphatic carbocycles. The molecular formula is C19H13BrN4O2S. The SMILES string of the molecule is O=C(CSc1nc2[nH]ncc2c(=O)n1-c1ccc(Br)cc1)c1ccccc1. The van der Waals surface area contributed by atoms with Gasteiger partial charge in [-0.15, -0.1) is 0 Å². The number of carbonyl (C=O) groups excluding carboxylic acids is 1. The summed E-state index contributed by atoms with van der Waals surface area (Å²) in [5.74, 6) is 0.147. The lowest BCUT2D eigenvalue weighted by molar-refractivity contribution is 0.102. The molecule has 27 heavy (non-hydrogen) atoms. The Morgan fingerprint density at radius 2 is 1.85 bits per heavy atom. The molecule has 0 saturated heterocycles. The van der Waals surface area contributed by atoms with Crippen LogP contribution in [0, 0.1) is 0 Å². The first-order valence-corrected chi connectivity index (χ1v) is 9.84. The van der Waals surface area contributed by atoms with Crippen molar-refractivity contribution >= 4 is 44.5 Å². The predicted molar refractivity (Wildman–Crippen MR) is 109 cm³/mol. The van der Waals surface area contributed by atoms with Gasteiger partial charge < -0.3 is 0 Å². The van der Waals surface area contributed by atoms with Crippen molar-refractivity contribution in [1.82, 2.24) is 19.7 Å². The van der Waals surface area contributed by atoms with Crippen molar-refractivity contribution in [3.63, 3.8) is 0 Å². The van der Waals surface area contributed by atoms with E-state index in [0.717, 1.165) is 4.47 Å². The molecule has 0 unspecified atom stereocenters. The number of rotatable bonds is 5. The highest BCUT2D eigenvalue weighted by Gasteiger charge is 2.16. The number of aromatic nitrogens is 4. The van der Waals surface area contributed by atoms with Gasteiger partial charge >= 0.3 is 0 Å². The third-order valence-corrected chi connectivity index (χ3v) is 5.43. The number of Topliss-reactive ketones (excluding diaryl/α,β-unsaturated/α-hetero) is 1. The lowest BCUT2D eigenvalue weighted by Gasteiger charge is -2.11. The van der Waals surface area contributed by atoms with Crippen LogP contribution in [0.3, 0.4) is 0 Å². The maximum Gasteiger partial charge on any atom is 0.269 e. The molecule has 0 saturated carbocycles. The van der Waals surface area contributed by atoms with E-state index in [-0.39, 0.29) is 17.1 Å². The molecule has 0 amide bonds. The van der Waals surface area contributed by atoms with Gasteiger partial charge in [0, 0.05) is 10.0 Å². The molecule has 2 heterocycles. The molecule has 0 spiro atoms. The molecule has 0 aliphatic rings. The van der Waals surface area contributed by atoms with Gasteiger partial charge in [-0.05, 0) is 24.3 Å². The summed E-state index contributed by atoms with van der Waals surface area (Å²) in [6.07, 6.45) is 1.46. The van der Waals surface area contributed by atoms with Crippen LogP contribution in [0.4, 0.5) is 0 Å². The van der Waals surface area contributed by atoms with Crippen molar-refractivity contribution in [1.29, 1.82) is 0 Å². The summed E-state index contributed by atoms with van der Waals surface area (Å²) in [5, 5.41) is 7.47. The first kappa shape index (κ1) is 17.7. The Balaban J connectivity index is 1.74. The fourth-order valence-electron chi connectivity index (χ4n) is 2.63. The minimum absolute atomic E-state index is 0.0260. The Labute approximate surface area is 166 Å². The summed E-state index contributed by atoms with van der Waals surface area (Å²) >= 11 is 4.62. The van der Waals surface area contributed by atoms with Gasteiger partial charge in [-0.25, -0.2) is 4.98 Å². The lowest BCUT2D eigenvalue weighted by Crippen LogP contribution is -2.21. The van der Waals surface area contributed by atoms with E-state index in [1.807, 2.05) is 42.5 Å². The number of fused-ring (bicyclic) bond motifs is 1. The molecule has 0 radical (unpaired) electrons. The Morgan fingerprint density at radius 3 is 2.59 bits per heavy atom. The minimum atomic E-state index is -0.231. The second-order valence-electron chi connectivity index (χ2n) is 5.72. The highest BCUT2D eigenvalue weighted by atomic mass is 79.9. The molecule has 2 aromatic carbocycles. The predicted octanol–water partition coefficient (Wildman–Crippen LogP) is 3.85. The maximum absolute atomic E-state index is 13.0. The first-order valence-electron chi connectivity index (χ1n) is 8.06. The van der Waals surface area contributed by atoms with Gasteiger partial charge in [0.25, 0.3) is 5.56 Å². The topological polar surface area (TPSA) is 80.6 Å². The number of nitrogens with zero attached hydrogens (tertiary/aromatic N) is 3. The molecule has 134 valence electrons. The molecule has 6 nitrogen and oxygen atoms in total. The lowest BCUT2D eigenvalue weighted by atomic mass is 10.2. The molecular weight excluding hydrogens is 428 g/mol. The summed E-state index contributed by atoms with van der Waals surface area (Å²) in [4.78, 5) is 29.9. The Hall–Kier alpha value is -2.71. The number of hydrogen-bond donors (Lipinski definition) is 1. The number of benzene rings is 2. The summed E-state index contributed by atoms with van der Waals surface area (Å²) in [5.41, 5.74) is 1.48. The van der Waals surface area contributed by atoms with Crippen molar-refractivity contribution < 1.29 is 4.79 Å². The van der Waals surface area contributed by atoms with Gasteiger partial charge in [0.1, 0.15) is 5.39 Å². The van der Waals surface area contributed by atoms with Crippen molar-refractivity contribution in [2.45, 2.75) is 5.16 Å². The highest BCUT2D eigenvalue weighted by Crippen LogP contribution is 2.22. The summed E-state index contributed by atoms with van der Waals surface area (Å²) in [7, 11) is 0. The molecule has 2 aromatic heterocycles. The standard InChI is InChI=1S/C19H13BrN4O2S/c20-13-6-8-14(9-7-13)24-18(26)15-10-21-23-17(15)22-19(24)27-11-16(25)12-4-2-1-3-5-12/h1-10H,11H2,(H,21,23). The fraction of sp³-hybridized carbons (Fsp3) is 0.0526. The van der Waals surface area contributed by atoms with Crippen LogP contribution in [-0.4, -0.2) is 31.3 Å². The van der Waals surface area contributed by atoms with Crippen LogP contribution in [-0.2, 0) is 0 Å². The van der Waals surface area contributed by atoms with Crippen molar-refractivity contribution in [2.75, 3.05) is 5.75 Å². The van der Waals surface area contributed by atoms with E-state index in [0.29, 0.717) is 27.4 Å². The van der Waals surface area contributed by atoms with Crippen LogP contribution >= 0.6 is 27.7 Å². The van der Waals surface area contributed by atoms with Crippen LogP contribution in [0.25, 0.3) is 16.7 Å². The van der Waals surface area contributed by atoms with E-state index < -0.39 is 0 Å². The zero-order chi connectivity index (χ0) is 18.8. The Bertz CT molecular complexity index is 1170. The van der Waals surface area contributed by atoms with Gasteiger partial charge in [-0.3, -0.25) is 19.3 Å². The number of ketones is 1. The van der Waals surface area contributed by atoms with Crippen LogP contribution in [0.15, 0.2) is 75.2 Å². The molecule has 8 heteroatoms. The first-order chi connectivity index (χ1) is 13.1. The molecule has 4 rings (SSSR count). The van der Waals surface area contributed by atoms with E-state index in [4.69, 9.17) is 0 Å².